The number of rotatable bonds is 6. The van der Waals surface area contributed by atoms with Crippen LogP contribution in [-0.4, -0.2) is 21.4 Å². The van der Waals surface area contributed by atoms with Gasteiger partial charge in [-0.2, -0.15) is 0 Å². The van der Waals surface area contributed by atoms with Crippen LogP contribution in [-0.2, 0) is 10.0 Å². The van der Waals surface area contributed by atoms with E-state index < -0.39 is 10.0 Å². The molecule has 1 atom stereocenters. The average Bonchev–Trinajstić information content (AvgIpc) is 2.74. The summed E-state index contributed by atoms with van der Waals surface area (Å²) < 4.78 is 27.2. The molecule has 7 heteroatoms. The first kappa shape index (κ1) is 21.9. The summed E-state index contributed by atoms with van der Waals surface area (Å²) >= 11 is 5.87. The van der Waals surface area contributed by atoms with Gasteiger partial charge in [-0.1, -0.05) is 48.0 Å². The number of benzene rings is 3. The van der Waals surface area contributed by atoms with Crippen molar-refractivity contribution in [1.29, 1.82) is 0 Å². The number of amides is 1. The van der Waals surface area contributed by atoms with Crippen LogP contribution in [0.25, 0.3) is 0 Å². The molecule has 0 fully saturated rings. The molecule has 3 aromatic rings. The van der Waals surface area contributed by atoms with E-state index >= 15 is 0 Å². The fraction of sp³-hybridized carbons (Fsp3) is 0.174. The minimum atomic E-state index is -3.80. The third-order valence-electron chi connectivity index (χ3n) is 4.93. The van der Waals surface area contributed by atoms with Gasteiger partial charge < -0.3 is 5.32 Å². The third-order valence-corrected chi connectivity index (χ3v) is 6.97. The van der Waals surface area contributed by atoms with Gasteiger partial charge in [-0.15, -0.1) is 0 Å². The Morgan fingerprint density at radius 2 is 1.63 bits per heavy atom. The van der Waals surface area contributed by atoms with Crippen LogP contribution in [0, 0.1) is 6.92 Å². The summed E-state index contributed by atoms with van der Waals surface area (Å²) in [4.78, 5) is 12.9. The van der Waals surface area contributed by atoms with Crippen molar-refractivity contribution in [2.45, 2.75) is 24.8 Å². The number of halogens is 1. The predicted molar refractivity (Wildman–Crippen MR) is 121 cm³/mol. The predicted octanol–water partition coefficient (Wildman–Crippen LogP) is 4.96. The molecule has 1 amide bonds. The van der Waals surface area contributed by atoms with Crippen LogP contribution in [0.15, 0.2) is 77.7 Å². The van der Waals surface area contributed by atoms with E-state index in [0.717, 1.165) is 11.1 Å². The molecule has 0 aliphatic carbocycles. The van der Waals surface area contributed by atoms with Crippen molar-refractivity contribution < 1.29 is 13.2 Å². The smallest absolute Gasteiger partial charge is 0.264 e. The molecule has 156 valence electrons. The second-order valence-corrected chi connectivity index (χ2v) is 9.44. The summed E-state index contributed by atoms with van der Waals surface area (Å²) in [6.07, 6.45) is 0. The summed E-state index contributed by atoms with van der Waals surface area (Å²) in [5, 5.41) is 3.41. The van der Waals surface area contributed by atoms with Gasteiger partial charge in [0.25, 0.3) is 15.9 Å². The topological polar surface area (TPSA) is 66.5 Å². The number of nitrogens with one attached hydrogen (secondary N) is 1. The molecular weight excluding hydrogens is 420 g/mol. The minimum Gasteiger partial charge on any atom is -0.346 e. The number of carbonyl (C=O) groups is 1. The minimum absolute atomic E-state index is 0.126. The first-order chi connectivity index (χ1) is 14.2. The highest BCUT2D eigenvalue weighted by Gasteiger charge is 2.23. The molecule has 0 saturated carbocycles. The molecule has 0 spiro atoms. The van der Waals surface area contributed by atoms with Gasteiger partial charge in [-0.25, -0.2) is 8.42 Å². The van der Waals surface area contributed by atoms with Gasteiger partial charge in [-0.05, 0) is 61.4 Å². The van der Waals surface area contributed by atoms with Gasteiger partial charge in [-0.3, -0.25) is 9.10 Å². The highest BCUT2D eigenvalue weighted by molar-refractivity contribution is 7.92. The van der Waals surface area contributed by atoms with Crippen LogP contribution < -0.4 is 9.62 Å². The lowest BCUT2D eigenvalue weighted by Gasteiger charge is -2.22. The molecule has 0 aromatic heterocycles. The van der Waals surface area contributed by atoms with E-state index in [0.29, 0.717) is 16.3 Å². The average molecular weight is 443 g/mol. The Hall–Kier alpha value is -2.83. The lowest BCUT2D eigenvalue weighted by atomic mass is 10.1. The Balaban J connectivity index is 1.87. The van der Waals surface area contributed by atoms with E-state index in [9.17, 15) is 13.2 Å². The molecule has 0 bridgehead atoms. The molecular formula is C23H23ClN2O3S. The molecule has 1 N–H and O–H groups in total. The van der Waals surface area contributed by atoms with Gasteiger partial charge in [0.05, 0.1) is 16.6 Å². The molecule has 5 nitrogen and oxygen atoms in total. The molecule has 3 rings (SSSR count). The maximum absolute atomic E-state index is 13.0. The Bertz CT molecular complexity index is 1150. The Morgan fingerprint density at radius 1 is 1.00 bits per heavy atom. The lowest BCUT2D eigenvalue weighted by molar-refractivity contribution is 0.0940. The van der Waals surface area contributed by atoms with Gasteiger partial charge in [0.2, 0.25) is 0 Å². The molecule has 0 aliphatic heterocycles. The molecule has 0 heterocycles. The number of sulfonamides is 1. The summed E-state index contributed by atoms with van der Waals surface area (Å²) in [6.45, 7) is 3.71. The maximum Gasteiger partial charge on any atom is 0.264 e. The zero-order valence-corrected chi connectivity index (χ0v) is 18.5. The molecule has 0 unspecified atom stereocenters. The number of aryl methyl sites for hydroxylation is 1. The third kappa shape index (κ3) is 4.66. The van der Waals surface area contributed by atoms with E-state index in [4.69, 9.17) is 11.6 Å². The maximum atomic E-state index is 13.0. The number of hydrogen-bond acceptors (Lipinski definition) is 3. The molecule has 3 aromatic carbocycles. The van der Waals surface area contributed by atoms with E-state index in [1.165, 1.54) is 35.6 Å². The van der Waals surface area contributed by atoms with Crippen LogP contribution in [0.1, 0.15) is 34.5 Å². The number of anilines is 1. The Kier molecular flexibility index (Phi) is 6.48. The zero-order chi connectivity index (χ0) is 21.9. The molecule has 0 saturated heterocycles. The summed E-state index contributed by atoms with van der Waals surface area (Å²) in [5.41, 5.74) is 2.55. The standard InChI is InChI=1S/C23H23ClN2O3S/c1-16-9-10-19(23(27)25-17(2)18-7-5-4-6-8-18)15-22(16)26(3)30(28,29)21-13-11-20(24)12-14-21/h4-15,17H,1-3H3,(H,25,27)/t17-/m0/s1. The van der Waals surface area contributed by atoms with E-state index in [2.05, 4.69) is 5.32 Å². The second-order valence-electron chi connectivity index (χ2n) is 7.03. The molecule has 30 heavy (non-hydrogen) atoms. The van der Waals surface area contributed by atoms with Crippen LogP contribution in [0.5, 0.6) is 0 Å². The number of nitrogens with zero attached hydrogens (tertiary/aromatic N) is 1. The van der Waals surface area contributed by atoms with Crippen LogP contribution >= 0.6 is 11.6 Å². The molecule has 0 aliphatic rings. The molecule has 0 radical (unpaired) electrons. The van der Waals surface area contributed by atoms with Crippen molar-refractivity contribution >= 4 is 33.2 Å². The number of carbonyl (C=O) groups excluding carboxylic acids is 1. The highest BCUT2D eigenvalue weighted by atomic mass is 35.5. The highest BCUT2D eigenvalue weighted by Crippen LogP contribution is 2.27. The van der Waals surface area contributed by atoms with E-state index in [-0.39, 0.29) is 16.8 Å². The van der Waals surface area contributed by atoms with Crippen molar-refractivity contribution in [2.24, 2.45) is 0 Å². The van der Waals surface area contributed by atoms with Gasteiger partial charge in [0, 0.05) is 17.6 Å². The van der Waals surface area contributed by atoms with Crippen LogP contribution in [0.3, 0.4) is 0 Å². The van der Waals surface area contributed by atoms with Crippen molar-refractivity contribution in [3.63, 3.8) is 0 Å². The van der Waals surface area contributed by atoms with E-state index in [1.807, 2.05) is 37.3 Å². The SMILES string of the molecule is Cc1ccc(C(=O)N[C@@H](C)c2ccccc2)cc1N(C)S(=O)(=O)c1ccc(Cl)cc1. The monoisotopic (exact) mass is 442 g/mol. The second kappa shape index (κ2) is 8.90. The van der Waals surface area contributed by atoms with Gasteiger partial charge in [0.1, 0.15) is 0 Å². The zero-order valence-electron chi connectivity index (χ0n) is 17.0. The van der Waals surface area contributed by atoms with Crippen LogP contribution in [0.2, 0.25) is 5.02 Å². The largest absolute Gasteiger partial charge is 0.346 e. The summed E-state index contributed by atoms with van der Waals surface area (Å²) in [6, 6.07) is 20.5. The Labute approximate surface area is 182 Å². The van der Waals surface area contributed by atoms with Crippen molar-refractivity contribution in [2.75, 3.05) is 11.4 Å². The fourth-order valence-electron chi connectivity index (χ4n) is 3.09. The van der Waals surface area contributed by atoms with E-state index in [1.54, 1.807) is 25.1 Å². The summed E-state index contributed by atoms with van der Waals surface area (Å²) in [7, 11) is -2.32. The van der Waals surface area contributed by atoms with Gasteiger partial charge in [0.15, 0.2) is 0 Å². The van der Waals surface area contributed by atoms with Crippen molar-refractivity contribution in [3.8, 4) is 0 Å². The Morgan fingerprint density at radius 3 is 2.27 bits per heavy atom. The lowest BCUT2D eigenvalue weighted by Crippen LogP contribution is -2.29. The normalized spacial score (nSPS) is 12.3. The first-order valence-electron chi connectivity index (χ1n) is 9.41. The fourth-order valence-corrected chi connectivity index (χ4v) is 4.47. The number of hydrogen-bond donors (Lipinski definition) is 1. The van der Waals surface area contributed by atoms with Gasteiger partial charge >= 0.3 is 0 Å². The summed E-state index contributed by atoms with van der Waals surface area (Å²) in [5.74, 6) is -0.273. The van der Waals surface area contributed by atoms with Crippen molar-refractivity contribution in [3.05, 3.63) is 94.5 Å². The quantitative estimate of drug-likeness (QED) is 0.586. The first-order valence-corrected chi connectivity index (χ1v) is 11.2. The van der Waals surface area contributed by atoms with Crippen molar-refractivity contribution in [1.82, 2.24) is 5.32 Å². The van der Waals surface area contributed by atoms with Crippen LogP contribution in [0.4, 0.5) is 5.69 Å².